The molecule has 0 saturated carbocycles. The summed E-state index contributed by atoms with van der Waals surface area (Å²) in [4.78, 5) is 11.3. The Kier molecular flexibility index (Phi) is 4.62. The zero-order chi connectivity index (χ0) is 14.6. The summed E-state index contributed by atoms with van der Waals surface area (Å²) in [6.07, 6.45) is 1.24. The van der Waals surface area contributed by atoms with E-state index in [-0.39, 0.29) is 12.5 Å². The van der Waals surface area contributed by atoms with Gasteiger partial charge in [-0.05, 0) is 43.7 Å². The molecule has 5 nitrogen and oxygen atoms in total. The number of aliphatic hydroxyl groups is 1. The van der Waals surface area contributed by atoms with Crippen LogP contribution < -0.4 is 15.4 Å². The number of rotatable bonds is 6. The number of anilines is 1. The molecule has 1 aliphatic heterocycles. The van der Waals surface area contributed by atoms with Crippen molar-refractivity contribution < 1.29 is 14.6 Å². The fourth-order valence-electron chi connectivity index (χ4n) is 2.13. The van der Waals surface area contributed by atoms with Crippen molar-refractivity contribution in [2.24, 2.45) is 0 Å². The Morgan fingerprint density at radius 1 is 1.45 bits per heavy atom. The monoisotopic (exact) mass is 278 g/mol. The van der Waals surface area contributed by atoms with E-state index in [0.717, 1.165) is 30.0 Å². The van der Waals surface area contributed by atoms with Crippen LogP contribution in [0, 0.1) is 0 Å². The molecule has 0 spiro atoms. The number of ether oxygens (including phenoxy) is 1. The van der Waals surface area contributed by atoms with Crippen molar-refractivity contribution in [1.29, 1.82) is 0 Å². The maximum absolute atomic E-state index is 11.3. The highest BCUT2D eigenvalue weighted by Gasteiger charge is 2.21. The molecule has 1 aliphatic rings. The van der Waals surface area contributed by atoms with Gasteiger partial charge in [0, 0.05) is 18.7 Å². The molecule has 1 unspecified atom stereocenters. The number of likely N-dealkylation sites (N-methyl/N-ethyl adjacent to an activating group) is 1. The molecular weight excluding hydrogens is 256 g/mol. The first-order valence-electron chi connectivity index (χ1n) is 6.99. The molecule has 20 heavy (non-hydrogen) atoms. The minimum absolute atomic E-state index is 0.0553. The molecule has 0 bridgehead atoms. The van der Waals surface area contributed by atoms with Crippen LogP contribution in [0.25, 0.3) is 0 Å². The second kappa shape index (κ2) is 6.24. The topological polar surface area (TPSA) is 70.6 Å². The van der Waals surface area contributed by atoms with Crippen LogP contribution in [0.2, 0.25) is 0 Å². The molecule has 0 fully saturated rings. The molecule has 110 valence electrons. The van der Waals surface area contributed by atoms with Gasteiger partial charge < -0.3 is 20.5 Å². The third kappa shape index (κ3) is 3.95. The Hall–Kier alpha value is -1.59. The first kappa shape index (κ1) is 14.8. The van der Waals surface area contributed by atoms with Crippen LogP contribution >= 0.6 is 0 Å². The van der Waals surface area contributed by atoms with Crippen LogP contribution in [0.5, 0.6) is 5.75 Å². The lowest BCUT2D eigenvalue weighted by Crippen LogP contribution is -2.42. The van der Waals surface area contributed by atoms with Crippen molar-refractivity contribution in [3.63, 3.8) is 0 Å². The van der Waals surface area contributed by atoms with E-state index < -0.39 is 5.60 Å². The molecule has 0 saturated heterocycles. The van der Waals surface area contributed by atoms with Crippen molar-refractivity contribution in [3.05, 3.63) is 23.8 Å². The van der Waals surface area contributed by atoms with Crippen molar-refractivity contribution in [1.82, 2.24) is 5.32 Å². The summed E-state index contributed by atoms with van der Waals surface area (Å²) < 4.78 is 5.66. The fourth-order valence-corrected chi connectivity index (χ4v) is 2.13. The van der Waals surface area contributed by atoms with Gasteiger partial charge in [0.2, 0.25) is 5.91 Å². The van der Waals surface area contributed by atoms with E-state index in [1.54, 1.807) is 6.92 Å². The molecule has 1 amide bonds. The van der Waals surface area contributed by atoms with Gasteiger partial charge in [-0.15, -0.1) is 0 Å². The van der Waals surface area contributed by atoms with Crippen LogP contribution in [-0.2, 0) is 11.2 Å². The molecule has 0 radical (unpaired) electrons. The molecule has 1 atom stereocenters. The summed E-state index contributed by atoms with van der Waals surface area (Å²) in [5.41, 5.74) is 1.03. The van der Waals surface area contributed by atoms with E-state index in [1.807, 2.05) is 25.1 Å². The van der Waals surface area contributed by atoms with Gasteiger partial charge in [-0.3, -0.25) is 4.79 Å². The summed E-state index contributed by atoms with van der Waals surface area (Å²) in [7, 11) is 0. The summed E-state index contributed by atoms with van der Waals surface area (Å²) >= 11 is 0. The average molecular weight is 278 g/mol. The second-order valence-electron chi connectivity index (χ2n) is 5.43. The minimum atomic E-state index is -0.903. The lowest BCUT2D eigenvalue weighted by molar-refractivity contribution is -0.116. The van der Waals surface area contributed by atoms with E-state index in [4.69, 9.17) is 4.74 Å². The highest BCUT2D eigenvalue weighted by molar-refractivity contribution is 5.93. The van der Waals surface area contributed by atoms with E-state index in [2.05, 4.69) is 10.6 Å². The van der Waals surface area contributed by atoms with Gasteiger partial charge in [0.1, 0.15) is 18.0 Å². The van der Waals surface area contributed by atoms with Gasteiger partial charge >= 0.3 is 0 Å². The molecular formula is C15H22N2O3. The maximum Gasteiger partial charge on any atom is 0.224 e. The van der Waals surface area contributed by atoms with Crippen molar-refractivity contribution in [2.75, 3.05) is 25.0 Å². The first-order valence-corrected chi connectivity index (χ1v) is 6.99. The lowest BCUT2D eigenvalue weighted by atomic mass is 10.0. The lowest BCUT2D eigenvalue weighted by Gasteiger charge is -2.24. The number of aryl methyl sites for hydroxylation is 1. The zero-order valence-electron chi connectivity index (χ0n) is 12.0. The van der Waals surface area contributed by atoms with Crippen LogP contribution in [0.1, 0.15) is 25.8 Å². The number of hydrogen-bond acceptors (Lipinski definition) is 4. The largest absolute Gasteiger partial charge is 0.491 e. The molecule has 5 heteroatoms. The number of benzene rings is 1. The van der Waals surface area contributed by atoms with Gasteiger partial charge in [-0.25, -0.2) is 0 Å². The van der Waals surface area contributed by atoms with Gasteiger partial charge in [-0.1, -0.05) is 6.92 Å². The van der Waals surface area contributed by atoms with Gasteiger partial charge in [0.25, 0.3) is 0 Å². The zero-order valence-corrected chi connectivity index (χ0v) is 12.0. The molecule has 2 rings (SSSR count). The average Bonchev–Trinajstić information content (AvgIpc) is 2.43. The molecule has 1 heterocycles. The van der Waals surface area contributed by atoms with Crippen LogP contribution in [0.15, 0.2) is 18.2 Å². The van der Waals surface area contributed by atoms with E-state index >= 15 is 0 Å². The van der Waals surface area contributed by atoms with Crippen LogP contribution in [0.4, 0.5) is 5.69 Å². The van der Waals surface area contributed by atoms with E-state index in [0.29, 0.717) is 13.0 Å². The van der Waals surface area contributed by atoms with Gasteiger partial charge in [-0.2, -0.15) is 0 Å². The summed E-state index contributed by atoms with van der Waals surface area (Å²) in [5.74, 6) is 0.774. The van der Waals surface area contributed by atoms with Crippen molar-refractivity contribution >= 4 is 11.6 Å². The summed E-state index contributed by atoms with van der Waals surface area (Å²) in [6, 6.07) is 5.59. The third-order valence-electron chi connectivity index (χ3n) is 3.28. The standard InChI is InChI=1S/C15H22N2O3/c1-3-16-9-15(2,19)10-20-12-5-6-13-11(8-12)4-7-14(18)17-13/h5-6,8,16,19H,3-4,7,9-10H2,1-2H3,(H,17,18). The summed E-state index contributed by atoms with van der Waals surface area (Å²) in [5, 5.41) is 16.1. The predicted molar refractivity (Wildman–Crippen MR) is 78.1 cm³/mol. The smallest absolute Gasteiger partial charge is 0.224 e. The van der Waals surface area contributed by atoms with Crippen LogP contribution in [-0.4, -0.2) is 36.3 Å². The van der Waals surface area contributed by atoms with E-state index in [1.165, 1.54) is 0 Å². The Balaban J connectivity index is 1.95. The Labute approximate surface area is 119 Å². The van der Waals surface area contributed by atoms with Gasteiger partial charge in [0.05, 0.1) is 0 Å². The van der Waals surface area contributed by atoms with Crippen molar-refractivity contribution in [2.45, 2.75) is 32.3 Å². The summed E-state index contributed by atoms with van der Waals surface area (Å²) in [6.45, 7) is 5.27. The number of hydrogen-bond donors (Lipinski definition) is 3. The predicted octanol–water partition coefficient (Wildman–Crippen LogP) is 1.31. The number of amides is 1. The third-order valence-corrected chi connectivity index (χ3v) is 3.28. The van der Waals surface area contributed by atoms with Crippen molar-refractivity contribution in [3.8, 4) is 5.75 Å². The van der Waals surface area contributed by atoms with Crippen LogP contribution in [0.3, 0.4) is 0 Å². The molecule has 3 N–H and O–H groups in total. The molecule has 1 aromatic carbocycles. The molecule has 0 aromatic heterocycles. The first-order chi connectivity index (χ1) is 9.50. The minimum Gasteiger partial charge on any atom is -0.491 e. The molecule has 0 aliphatic carbocycles. The number of carbonyl (C=O) groups excluding carboxylic acids is 1. The SMILES string of the molecule is CCNCC(C)(O)COc1ccc2c(c1)CCC(=O)N2. The number of nitrogens with one attached hydrogen (secondary N) is 2. The molecule has 1 aromatic rings. The van der Waals surface area contributed by atoms with Gasteiger partial charge in [0.15, 0.2) is 0 Å². The number of fused-ring (bicyclic) bond motifs is 1. The van der Waals surface area contributed by atoms with E-state index in [9.17, 15) is 9.90 Å². The Morgan fingerprint density at radius 2 is 2.25 bits per heavy atom. The Bertz CT molecular complexity index is 486. The highest BCUT2D eigenvalue weighted by Crippen LogP contribution is 2.27. The quantitative estimate of drug-likeness (QED) is 0.734. The number of carbonyl (C=O) groups is 1. The fraction of sp³-hybridized carbons (Fsp3) is 0.533. The normalized spacial score (nSPS) is 17.1. The second-order valence-corrected chi connectivity index (χ2v) is 5.43. The highest BCUT2D eigenvalue weighted by atomic mass is 16.5. The maximum atomic E-state index is 11.3. The Morgan fingerprint density at radius 3 is 3.00 bits per heavy atom.